The number of hydrogen-bond donors (Lipinski definition) is 18. The van der Waals surface area contributed by atoms with Crippen molar-refractivity contribution in [3.05, 3.63) is 0 Å². The van der Waals surface area contributed by atoms with Gasteiger partial charge >= 0.3 is 62.4 Å². The van der Waals surface area contributed by atoms with E-state index in [1.165, 1.54) is 0 Å². The zero-order valence-corrected chi connectivity index (χ0v) is 27.9. The van der Waals surface area contributed by atoms with Gasteiger partial charge in [0.15, 0.2) is 0 Å². The average Bonchev–Trinajstić information content (AvgIpc) is 2.55. The molecule has 0 aromatic rings. The molecule has 0 aromatic carbocycles. The van der Waals surface area contributed by atoms with Gasteiger partial charge in [-0.3, -0.25) is 54.6 Å². The molecule has 18 N–H and O–H groups in total. The van der Waals surface area contributed by atoms with Crippen LogP contribution in [-0.2, 0) is 62.4 Å². The largest absolute Gasteiger partial charge is 0.394 e. The maximum atomic E-state index is 8.97. The summed E-state index contributed by atoms with van der Waals surface area (Å²) in [5, 5.41) is 53.8. The molecule has 37 heteroatoms. The van der Waals surface area contributed by atoms with Gasteiger partial charge in [0.25, 0.3) is 0 Å². The maximum absolute atomic E-state index is 8.97. The molecule has 1 rings (SSSR count). The summed E-state index contributed by atoms with van der Waals surface area (Å²) in [5.41, 5.74) is 0. The van der Waals surface area contributed by atoms with E-state index < -0.39 is 99.0 Å². The van der Waals surface area contributed by atoms with Crippen molar-refractivity contribution < 1.29 is 136 Å². The smallest absolute Gasteiger partial charge is 0.387 e. The van der Waals surface area contributed by atoms with E-state index in [0.717, 1.165) is 0 Å². The molecule has 1 saturated carbocycles. The monoisotopic (exact) mass is 807 g/mol. The number of hydrogen-bond acceptors (Lipinski definition) is 18. The van der Waals surface area contributed by atoms with E-state index in [2.05, 4.69) is 0 Å². The van der Waals surface area contributed by atoms with E-state index in [1.54, 1.807) is 0 Å². The van der Waals surface area contributed by atoms with Gasteiger partial charge in [0, 0.05) is 51.4 Å². The Hall–Kier alpha value is 0.616. The van der Waals surface area contributed by atoms with Crippen LogP contribution in [0.4, 0.5) is 0 Å². The van der Waals surface area contributed by atoms with Crippen molar-refractivity contribution in [3.63, 3.8) is 0 Å². The third-order valence-corrected chi connectivity index (χ3v) is 2.10. The first-order valence-electron chi connectivity index (χ1n) is 7.74. The summed E-state index contributed by atoms with van der Waals surface area (Å²) < 4.78 is 190. The van der Waals surface area contributed by atoms with Crippen molar-refractivity contribution in [1.29, 1.82) is 0 Å². The molecule has 0 heterocycles. The average molecular weight is 808 g/mol. The summed E-state index contributed by atoms with van der Waals surface area (Å²) in [5.74, 6) is 0. The van der Waals surface area contributed by atoms with Crippen LogP contribution in [0.2, 0.25) is 0 Å². The zero-order valence-electron chi connectivity index (χ0n) is 19.9. The van der Waals surface area contributed by atoms with E-state index in [4.69, 9.17) is 136 Å². The minimum atomic E-state index is -4.67. The molecule has 0 unspecified atom stereocenters. The molecular formula is C6H24KO30S6. The minimum absolute atomic E-state index is 0. The Bertz CT molecular complexity index is 1020. The molecule has 265 valence electrons. The normalized spacial score (nSPS) is 23.6. The van der Waals surface area contributed by atoms with Crippen LogP contribution in [0.5, 0.6) is 0 Å². The van der Waals surface area contributed by atoms with Crippen LogP contribution in [0.15, 0.2) is 0 Å². The Balaban J connectivity index is -0.0000000733. The first-order chi connectivity index (χ1) is 17.5. The van der Waals surface area contributed by atoms with E-state index in [1.807, 2.05) is 0 Å². The van der Waals surface area contributed by atoms with Gasteiger partial charge < -0.3 is 30.6 Å². The van der Waals surface area contributed by atoms with Gasteiger partial charge in [-0.15, -0.1) is 0 Å². The van der Waals surface area contributed by atoms with Gasteiger partial charge in [0.2, 0.25) is 0 Å². The van der Waals surface area contributed by atoms with Crippen LogP contribution in [0.3, 0.4) is 0 Å². The molecule has 0 atom stereocenters. The maximum Gasteiger partial charge on any atom is 0.394 e. The van der Waals surface area contributed by atoms with Gasteiger partial charge in [0.05, 0.1) is 0 Å². The van der Waals surface area contributed by atoms with Crippen LogP contribution in [-0.4, -0.2) is 224 Å². The molecule has 1 aliphatic carbocycles. The molecule has 0 bridgehead atoms. The fourth-order valence-electron chi connectivity index (χ4n) is 1.21. The Morgan fingerprint density at radius 3 is 0.279 bits per heavy atom. The van der Waals surface area contributed by atoms with Crippen LogP contribution in [0, 0.1) is 0 Å². The number of aliphatic hydroxyl groups excluding tert-OH is 6. The van der Waals surface area contributed by atoms with Crippen LogP contribution in [0.25, 0.3) is 0 Å². The quantitative estimate of drug-likeness (QED) is 0.0798. The molecule has 0 spiro atoms. The number of rotatable bonds is 0. The van der Waals surface area contributed by atoms with E-state index >= 15 is 0 Å². The van der Waals surface area contributed by atoms with Crippen LogP contribution >= 0.6 is 0 Å². The van der Waals surface area contributed by atoms with Gasteiger partial charge in [-0.1, -0.05) is 0 Å². The molecular weight excluding hydrogens is 784 g/mol. The SMILES string of the molecule is O=S(=O)(O)O.O=S(=O)(O)O.O=S(=O)(O)O.O=S(=O)(O)O.O=S(=O)(O)O.O=S(=O)(O)O.OC1C(O)C(O)C(O)C(O)C1O.[K]. The topological polar surface area (TPSA) is 569 Å². The van der Waals surface area contributed by atoms with Crippen LogP contribution in [0.1, 0.15) is 0 Å². The summed E-state index contributed by atoms with van der Waals surface area (Å²) in [6.07, 6.45) is -9.84. The summed E-state index contributed by atoms with van der Waals surface area (Å²) in [6, 6.07) is 0. The second kappa shape index (κ2) is 24.7. The fraction of sp³-hybridized carbons (Fsp3) is 1.00. The molecule has 43 heavy (non-hydrogen) atoms. The van der Waals surface area contributed by atoms with Crippen molar-refractivity contribution in [2.75, 3.05) is 0 Å². The predicted octanol–water partition coefficient (Wildman–Crippen LogP) is -8.13. The van der Waals surface area contributed by atoms with Gasteiger partial charge in [-0.2, -0.15) is 50.5 Å². The standard InChI is InChI=1S/C6H12O6.K.6H2O4S/c7-1-2(8)4(10)6(12)5(11)3(1)9;;6*1-5(2,3)4/h1-12H;;6*(H2,1,2,3,4). The van der Waals surface area contributed by atoms with Crippen molar-refractivity contribution >= 4 is 114 Å². The summed E-state index contributed by atoms with van der Waals surface area (Å²) in [4.78, 5) is 0. The Morgan fingerprint density at radius 2 is 0.256 bits per heavy atom. The zero-order chi connectivity index (χ0) is 36.5. The van der Waals surface area contributed by atoms with Crippen molar-refractivity contribution in [2.24, 2.45) is 0 Å². The van der Waals surface area contributed by atoms with Crippen molar-refractivity contribution in [1.82, 2.24) is 0 Å². The van der Waals surface area contributed by atoms with E-state index in [9.17, 15) is 0 Å². The molecule has 1 radical (unpaired) electrons. The first-order valence-corrected chi connectivity index (χ1v) is 16.1. The molecule has 1 fully saturated rings. The summed E-state index contributed by atoms with van der Waals surface area (Å²) in [6.45, 7) is 0. The third kappa shape index (κ3) is 116. The molecule has 0 aromatic heterocycles. The second-order valence-corrected chi connectivity index (χ2v) is 11.0. The molecule has 0 saturated heterocycles. The Labute approximate surface area is 283 Å². The fourth-order valence-corrected chi connectivity index (χ4v) is 1.21. The van der Waals surface area contributed by atoms with E-state index in [-0.39, 0.29) is 51.4 Å². The predicted molar refractivity (Wildman–Crippen MR) is 127 cm³/mol. The third-order valence-electron chi connectivity index (χ3n) is 2.10. The molecule has 30 nitrogen and oxygen atoms in total. The molecule has 1 aliphatic rings. The van der Waals surface area contributed by atoms with Gasteiger partial charge in [0.1, 0.15) is 36.6 Å². The first kappa shape index (κ1) is 59.1. The molecule has 0 amide bonds. The number of aliphatic hydroxyl groups is 6. The molecule has 0 aliphatic heterocycles. The van der Waals surface area contributed by atoms with Gasteiger partial charge in [-0.25, -0.2) is 0 Å². The van der Waals surface area contributed by atoms with Crippen LogP contribution < -0.4 is 0 Å². The summed E-state index contributed by atoms with van der Waals surface area (Å²) >= 11 is 0. The van der Waals surface area contributed by atoms with Gasteiger partial charge in [-0.05, 0) is 0 Å². The summed E-state index contributed by atoms with van der Waals surface area (Å²) in [7, 11) is -28.0. The van der Waals surface area contributed by atoms with Crippen molar-refractivity contribution in [2.45, 2.75) is 36.6 Å². The second-order valence-electron chi connectivity index (χ2n) is 5.63. The van der Waals surface area contributed by atoms with Crippen molar-refractivity contribution in [3.8, 4) is 0 Å². The van der Waals surface area contributed by atoms with E-state index in [0.29, 0.717) is 0 Å². The minimum Gasteiger partial charge on any atom is -0.387 e. The Kier molecular flexibility index (Phi) is 34.0. The Morgan fingerprint density at radius 1 is 0.233 bits per heavy atom.